The number of rotatable bonds is 3. The highest BCUT2D eigenvalue weighted by Gasteiger charge is 2.17. The van der Waals surface area contributed by atoms with Crippen molar-refractivity contribution in [1.82, 2.24) is 19.5 Å². The van der Waals surface area contributed by atoms with Crippen molar-refractivity contribution < 1.29 is 0 Å². The van der Waals surface area contributed by atoms with Crippen LogP contribution in [0, 0.1) is 6.92 Å². The molecule has 0 N–H and O–H groups in total. The summed E-state index contributed by atoms with van der Waals surface area (Å²) in [4.78, 5) is 13.3. The Bertz CT molecular complexity index is 736. The summed E-state index contributed by atoms with van der Waals surface area (Å²) >= 11 is 6.05. The van der Waals surface area contributed by atoms with E-state index in [1.165, 1.54) is 0 Å². The summed E-state index contributed by atoms with van der Waals surface area (Å²) in [6.07, 6.45) is 5.49. The average molecular weight is 287 g/mol. The Balaban J connectivity index is 2.19. The van der Waals surface area contributed by atoms with E-state index in [2.05, 4.69) is 32.5 Å². The molecule has 3 rings (SSSR count). The molecule has 0 aromatic carbocycles. The van der Waals surface area contributed by atoms with E-state index in [4.69, 9.17) is 11.6 Å². The molecule has 0 fully saturated rings. The van der Waals surface area contributed by atoms with E-state index < -0.39 is 0 Å². The highest BCUT2D eigenvalue weighted by Crippen LogP contribution is 2.25. The summed E-state index contributed by atoms with van der Waals surface area (Å²) in [5.74, 6) is 1.19. The van der Waals surface area contributed by atoms with Gasteiger partial charge in [-0.25, -0.2) is 9.97 Å². The first-order chi connectivity index (χ1) is 9.70. The molecule has 3 heterocycles. The first-order valence-corrected chi connectivity index (χ1v) is 7.03. The quantitative estimate of drug-likeness (QED) is 0.692. The highest BCUT2D eigenvalue weighted by molar-refractivity contribution is 6.16. The van der Waals surface area contributed by atoms with Crippen molar-refractivity contribution >= 4 is 22.8 Å². The van der Waals surface area contributed by atoms with Gasteiger partial charge in [0.15, 0.2) is 5.65 Å². The van der Waals surface area contributed by atoms with Crippen LogP contribution < -0.4 is 0 Å². The van der Waals surface area contributed by atoms with Gasteiger partial charge >= 0.3 is 0 Å². The Labute approximate surface area is 122 Å². The van der Waals surface area contributed by atoms with Crippen molar-refractivity contribution in [2.75, 3.05) is 0 Å². The van der Waals surface area contributed by atoms with Crippen LogP contribution in [0.1, 0.15) is 29.9 Å². The van der Waals surface area contributed by atoms with Gasteiger partial charge < -0.3 is 4.57 Å². The van der Waals surface area contributed by atoms with Gasteiger partial charge in [-0.2, -0.15) is 0 Å². The second-order valence-electron chi connectivity index (χ2n) is 4.85. The molecule has 0 spiro atoms. The van der Waals surface area contributed by atoms with Gasteiger partial charge in [-0.3, -0.25) is 4.98 Å². The summed E-state index contributed by atoms with van der Waals surface area (Å²) < 4.78 is 2.08. The molecular formula is C15H15ClN4. The van der Waals surface area contributed by atoms with Gasteiger partial charge in [0.25, 0.3) is 0 Å². The Hall–Kier alpha value is -1.94. The number of halogens is 1. The summed E-state index contributed by atoms with van der Waals surface area (Å²) in [5, 5.41) is 0. The number of fused-ring (bicyclic) bond motifs is 1. The zero-order valence-corrected chi connectivity index (χ0v) is 12.2. The van der Waals surface area contributed by atoms with E-state index in [0.29, 0.717) is 5.88 Å². The monoisotopic (exact) mass is 286 g/mol. The van der Waals surface area contributed by atoms with Gasteiger partial charge in [-0.15, -0.1) is 11.6 Å². The molecular weight excluding hydrogens is 272 g/mol. The van der Waals surface area contributed by atoms with Crippen LogP contribution in [-0.2, 0) is 5.88 Å². The first-order valence-electron chi connectivity index (χ1n) is 6.50. The third-order valence-electron chi connectivity index (χ3n) is 3.41. The van der Waals surface area contributed by atoms with E-state index in [9.17, 15) is 0 Å². The predicted octanol–water partition coefficient (Wildman–Crippen LogP) is 3.48. The summed E-state index contributed by atoms with van der Waals surface area (Å²) in [6.45, 7) is 4.12. The number of hydrogen-bond donors (Lipinski definition) is 0. The topological polar surface area (TPSA) is 43.6 Å². The predicted molar refractivity (Wildman–Crippen MR) is 79.9 cm³/mol. The summed E-state index contributed by atoms with van der Waals surface area (Å²) in [7, 11) is 0. The molecule has 4 nitrogen and oxygen atoms in total. The van der Waals surface area contributed by atoms with Crippen molar-refractivity contribution in [3.63, 3.8) is 0 Å². The second kappa shape index (κ2) is 5.21. The third kappa shape index (κ3) is 2.16. The van der Waals surface area contributed by atoms with E-state index in [-0.39, 0.29) is 6.04 Å². The molecule has 0 bridgehead atoms. The van der Waals surface area contributed by atoms with Gasteiger partial charge in [0.2, 0.25) is 0 Å². The molecule has 0 aliphatic rings. The molecule has 0 amide bonds. The molecule has 1 unspecified atom stereocenters. The molecule has 1 atom stereocenters. The second-order valence-corrected chi connectivity index (χ2v) is 5.12. The molecule has 0 saturated heterocycles. The minimum Gasteiger partial charge on any atom is -0.304 e. The lowest BCUT2D eigenvalue weighted by Crippen LogP contribution is -2.10. The van der Waals surface area contributed by atoms with E-state index in [1.54, 1.807) is 6.20 Å². The van der Waals surface area contributed by atoms with E-state index in [1.807, 2.05) is 31.5 Å². The molecule has 3 aromatic rings. The van der Waals surface area contributed by atoms with Crippen LogP contribution in [-0.4, -0.2) is 19.5 Å². The Morgan fingerprint density at radius 2 is 2.20 bits per heavy atom. The SMILES string of the molecule is Cc1cnc2c(c1)nc(CCl)n2C(C)c1cccnc1. The van der Waals surface area contributed by atoms with Crippen molar-refractivity contribution in [3.05, 3.63) is 53.7 Å². The maximum Gasteiger partial charge on any atom is 0.160 e. The molecule has 0 radical (unpaired) electrons. The Kier molecular flexibility index (Phi) is 3.40. The number of imidazole rings is 1. The van der Waals surface area contributed by atoms with Crippen LogP contribution in [0.3, 0.4) is 0 Å². The molecule has 0 aliphatic carbocycles. The van der Waals surface area contributed by atoms with Crippen molar-refractivity contribution in [2.24, 2.45) is 0 Å². The molecule has 20 heavy (non-hydrogen) atoms. The van der Waals surface area contributed by atoms with Crippen LogP contribution >= 0.6 is 11.6 Å². The fourth-order valence-corrected chi connectivity index (χ4v) is 2.59. The van der Waals surface area contributed by atoms with Crippen LogP contribution in [0.15, 0.2) is 36.8 Å². The van der Waals surface area contributed by atoms with Crippen LogP contribution in [0.2, 0.25) is 0 Å². The Morgan fingerprint density at radius 1 is 1.35 bits per heavy atom. The number of hydrogen-bond acceptors (Lipinski definition) is 3. The van der Waals surface area contributed by atoms with Crippen LogP contribution in [0.4, 0.5) is 0 Å². The standard InChI is InChI=1S/C15H15ClN4/c1-10-6-13-15(18-8-10)20(14(7-16)19-13)11(2)12-4-3-5-17-9-12/h3-6,8-9,11H,7H2,1-2H3. The number of aromatic nitrogens is 4. The van der Waals surface area contributed by atoms with Gasteiger partial charge in [-0.1, -0.05) is 6.07 Å². The number of alkyl halides is 1. The number of nitrogens with zero attached hydrogens (tertiary/aromatic N) is 4. The molecule has 5 heteroatoms. The van der Waals surface area contributed by atoms with Crippen LogP contribution in [0.5, 0.6) is 0 Å². The first kappa shape index (κ1) is 13.1. The molecule has 102 valence electrons. The van der Waals surface area contributed by atoms with Gasteiger partial charge in [0.1, 0.15) is 11.3 Å². The zero-order valence-electron chi connectivity index (χ0n) is 11.4. The van der Waals surface area contributed by atoms with Gasteiger partial charge in [0, 0.05) is 18.6 Å². The lowest BCUT2D eigenvalue weighted by Gasteiger charge is -2.16. The minimum absolute atomic E-state index is 0.0951. The lowest BCUT2D eigenvalue weighted by molar-refractivity contribution is 0.626. The smallest absolute Gasteiger partial charge is 0.160 e. The molecule has 0 saturated carbocycles. The van der Waals surface area contributed by atoms with Crippen molar-refractivity contribution in [3.8, 4) is 0 Å². The Morgan fingerprint density at radius 3 is 2.90 bits per heavy atom. The van der Waals surface area contributed by atoms with E-state index in [0.717, 1.165) is 28.1 Å². The fourth-order valence-electron chi connectivity index (χ4n) is 2.40. The van der Waals surface area contributed by atoms with Crippen molar-refractivity contribution in [2.45, 2.75) is 25.8 Å². The fraction of sp³-hybridized carbons (Fsp3) is 0.267. The normalized spacial score (nSPS) is 12.8. The number of aryl methyl sites for hydroxylation is 1. The maximum atomic E-state index is 6.05. The van der Waals surface area contributed by atoms with Gasteiger partial charge in [0.05, 0.1) is 11.9 Å². The van der Waals surface area contributed by atoms with Crippen LogP contribution in [0.25, 0.3) is 11.2 Å². The summed E-state index contributed by atoms with van der Waals surface area (Å²) in [6, 6.07) is 6.11. The lowest BCUT2D eigenvalue weighted by atomic mass is 10.1. The third-order valence-corrected chi connectivity index (χ3v) is 3.65. The minimum atomic E-state index is 0.0951. The number of pyridine rings is 2. The maximum absolute atomic E-state index is 6.05. The molecule has 3 aromatic heterocycles. The largest absolute Gasteiger partial charge is 0.304 e. The highest BCUT2D eigenvalue weighted by atomic mass is 35.5. The summed E-state index contributed by atoms with van der Waals surface area (Å²) in [5.41, 5.74) is 3.96. The van der Waals surface area contributed by atoms with Gasteiger partial charge in [-0.05, 0) is 37.1 Å². The average Bonchev–Trinajstić information content (AvgIpc) is 2.84. The van der Waals surface area contributed by atoms with Crippen molar-refractivity contribution in [1.29, 1.82) is 0 Å². The molecule has 0 aliphatic heterocycles. The van der Waals surface area contributed by atoms with E-state index >= 15 is 0 Å². The zero-order chi connectivity index (χ0) is 14.1.